The molecule has 144 valence electrons. The molecule has 0 atom stereocenters. The Balaban J connectivity index is 1.47. The maximum Gasteiger partial charge on any atom is 0.251 e. The predicted octanol–water partition coefficient (Wildman–Crippen LogP) is 4.45. The molecule has 1 heterocycles. The minimum atomic E-state index is -0.0793. The van der Waals surface area contributed by atoms with Crippen LogP contribution in [0.4, 0.5) is 5.82 Å². The molecule has 4 aromatic rings. The van der Waals surface area contributed by atoms with E-state index in [2.05, 4.69) is 15.6 Å². The highest BCUT2D eigenvalue weighted by molar-refractivity contribution is 5.94. The number of hydrogen-bond donors (Lipinski definition) is 2. The van der Waals surface area contributed by atoms with E-state index in [0.717, 1.165) is 27.8 Å². The van der Waals surface area contributed by atoms with Crippen LogP contribution in [0.5, 0.6) is 0 Å². The third kappa shape index (κ3) is 4.41. The van der Waals surface area contributed by atoms with Crippen molar-refractivity contribution in [2.24, 2.45) is 0 Å². The zero-order valence-corrected chi connectivity index (χ0v) is 16.2. The molecule has 0 saturated heterocycles. The van der Waals surface area contributed by atoms with Gasteiger partial charge in [-0.2, -0.15) is 0 Å². The van der Waals surface area contributed by atoms with Gasteiger partial charge in [-0.15, -0.1) is 0 Å². The van der Waals surface area contributed by atoms with Gasteiger partial charge in [0.2, 0.25) is 0 Å². The van der Waals surface area contributed by atoms with Gasteiger partial charge >= 0.3 is 0 Å². The summed E-state index contributed by atoms with van der Waals surface area (Å²) >= 11 is 0. The largest absolute Gasteiger partial charge is 0.368 e. The number of aryl methyl sites for hydroxylation is 1. The van der Waals surface area contributed by atoms with E-state index in [1.807, 2.05) is 85.8 Å². The molecule has 0 saturated carbocycles. The highest BCUT2D eigenvalue weighted by atomic mass is 16.1. The molecule has 0 unspecified atom stereocenters. The second kappa shape index (κ2) is 8.52. The maximum atomic E-state index is 12.3. The first-order valence-electron chi connectivity index (χ1n) is 9.62. The lowest BCUT2D eigenvalue weighted by Crippen LogP contribution is -2.28. The number of benzene rings is 3. The summed E-state index contributed by atoms with van der Waals surface area (Å²) in [7, 11) is 0. The molecular formula is C24H22N4O. The lowest BCUT2D eigenvalue weighted by molar-refractivity contribution is 0.0955. The summed E-state index contributed by atoms with van der Waals surface area (Å²) in [5.41, 5.74) is 3.64. The average Bonchev–Trinajstić information content (AvgIpc) is 2.77. The Bertz CT molecular complexity index is 1120. The Labute approximate surface area is 169 Å². The van der Waals surface area contributed by atoms with Crippen LogP contribution >= 0.6 is 0 Å². The summed E-state index contributed by atoms with van der Waals surface area (Å²) in [6.07, 6.45) is 0. The number of aromatic nitrogens is 2. The number of anilines is 1. The third-order valence-corrected chi connectivity index (χ3v) is 4.65. The quantitative estimate of drug-likeness (QED) is 0.484. The van der Waals surface area contributed by atoms with Gasteiger partial charge in [-0.05, 0) is 31.2 Å². The molecule has 0 aliphatic carbocycles. The topological polar surface area (TPSA) is 66.9 Å². The summed E-state index contributed by atoms with van der Waals surface area (Å²) in [6.45, 7) is 3.06. The van der Waals surface area contributed by atoms with Crippen LogP contribution in [0.3, 0.4) is 0 Å². The summed E-state index contributed by atoms with van der Waals surface area (Å²) in [5.74, 6) is 1.36. The van der Waals surface area contributed by atoms with Gasteiger partial charge in [0.15, 0.2) is 5.82 Å². The molecule has 1 amide bonds. The summed E-state index contributed by atoms with van der Waals surface area (Å²) in [5, 5.41) is 7.24. The SMILES string of the molecule is Cc1ccc(C(=O)NCCNc2nc(-c3ccccc3)nc3ccccc23)cc1. The van der Waals surface area contributed by atoms with E-state index in [0.29, 0.717) is 24.5 Å². The minimum Gasteiger partial charge on any atom is -0.368 e. The fraction of sp³-hybridized carbons (Fsp3) is 0.125. The van der Waals surface area contributed by atoms with Crippen LogP contribution in [0, 0.1) is 6.92 Å². The van der Waals surface area contributed by atoms with Crippen LogP contribution in [0.1, 0.15) is 15.9 Å². The summed E-state index contributed by atoms with van der Waals surface area (Å²) in [4.78, 5) is 21.7. The Morgan fingerprint density at radius 3 is 2.34 bits per heavy atom. The Hall–Kier alpha value is -3.73. The van der Waals surface area contributed by atoms with Crippen molar-refractivity contribution in [3.63, 3.8) is 0 Å². The minimum absolute atomic E-state index is 0.0793. The molecule has 5 nitrogen and oxygen atoms in total. The number of para-hydroxylation sites is 1. The first kappa shape index (κ1) is 18.6. The molecule has 29 heavy (non-hydrogen) atoms. The van der Waals surface area contributed by atoms with Gasteiger partial charge in [-0.1, -0.05) is 60.2 Å². The first-order valence-corrected chi connectivity index (χ1v) is 9.62. The van der Waals surface area contributed by atoms with Gasteiger partial charge in [-0.3, -0.25) is 4.79 Å². The smallest absolute Gasteiger partial charge is 0.251 e. The van der Waals surface area contributed by atoms with E-state index in [-0.39, 0.29) is 5.91 Å². The standard InChI is InChI=1S/C24H22N4O/c1-17-11-13-19(14-12-17)24(29)26-16-15-25-23-20-9-5-6-10-21(20)27-22(28-23)18-7-3-2-4-8-18/h2-14H,15-16H2,1H3,(H,26,29)(H,25,27,28). The summed E-state index contributed by atoms with van der Waals surface area (Å²) in [6, 6.07) is 25.4. The lowest BCUT2D eigenvalue weighted by atomic mass is 10.1. The van der Waals surface area contributed by atoms with Crippen molar-refractivity contribution in [1.29, 1.82) is 0 Å². The van der Waals surface area contributed by atoms with Gasteiger partial charge in [-0.25, -0.2) is 9.97 Å². The Morgan fingerprint density at radius 2 is 1.55 bits per heavy atom. The number of carbonyl (C=O) groups is 1. The maximum absolute atomic E-state index is 12.3. The molecule has 0 aliphatic heterocycles. The molecule has 1 aromatic heterocycles. The highest BCUT2D eigenvalue weighted by Gasteiger charge is 2.09. The van der Waals surface area contributed by atoms with Crippen LogP contribution < -0.4 is 10.6 Å². The number of nitrogens with one attached hydrogen (secondary N) is 2. The van der Waals surface area contributed by atoms with E-state index in [1.54, 1.807) is 0 Å². The van der Waals surface area contributed by atoms with Gasteiger partial charge < -0.3 is 10.6 Å². The van der Waals surface area contributed by atoms with Crippen LogP contribution in [0.2, 0.25) is 0 Å². The highest BCUT2D eigenvalue weighted by Crippen LogP contribution is 2.24. The number of carbonyl (C=O) groups excluding carboxylic acids is 1. The summed E-state index contributed by atoms with van der Waals surface area (Å²) < 4.78 is 0. The van der Waals surface area contributed by atoms with Gasteiger partial charge in [0, 0.05) is 29.6 Å². The molecule has 2 N–H and O–H groups in total. The number of hydrogen-bond acceptors (Lipinski definition) is 4. The van der Waals surface area contributed by atoms with Crippen LogP contribution in [-0.4, -0.2) is 29.0 Å². The van der Waals surface area contributed by atoms with Gasteiger partial charge in [0.25, 0.3) is 5.91 Å². The Kier molecular flexibility index (Phi) is 5.47. The van der Waals surface area contributed by atoms with Crippen molar-refractivity contribution in [2.75, 3.05) is 18.4 Å². The first-order chi connectivity index (χ1) is 14.2. The molecule has 3 aromatic carbocycles. The second-order valence-electron chi connectivity index (χ2n) is 6.83. The lowest BCUT2D eigenvalue weighted by Gasteiger charge is -2.12. The number of amides is 1. The van der Waals surface area contributed by atoms with Crippen LogP contribution in [-0.2, 0) is 0 Å². The Morgan fingerprint density at radius 1 is 0.828 bits per heavy atom. The molecule has 5 heteroatoms. The predicted molar refractivity (Wildman–Crippen MR) is 117 cm³/mol. The third-order valence-electron chi connectivity index (χ3n) is 4.65. The van der Waals surface area contributed by atoms with Crippen LogP contribution in [0.15, 0.2) is 78.9 Å². The van der Waals surface area contributed by atoms with Crippen molar-refractivity contribution in [2.45, 2.75) is 6.92 Å². The number of rotatable bonds is 6. The molecule has 0 bridgehead atoms. The van der Waals surface area contributed by atoms with Crippen molar-refractivity contribution < 1.29 is 4.79 Å². The molecule has 0 aliphatic rings. The van der Waals surface area contributed by atoms with Gasteiger partial charge in [0.1, 0.15) is 5.82 Å². The van der Waals surface area contributed by atoms with E-state index in [4.69, 9.17) is 4.98 Å². The van der Waals surface area contributed by atoms with E-state index < -0.39 is 0 Å². The number of fused-ring (bicyclic) bond motifs is 1. The molecule has 4 rings (SSSR count). The fourth-order valence-electron chi connectivity index (χ4n) is 3.09. The number of nitrogens with zero attached hydrogens (tertiary/aromatic N) is 2. The van der Waals surface area contributed by atoms with Crippen molar-refractivity contribution in [1.82, 2.24) is 15.3 Å². The zero-order chi connectivity index (χ0) is 20.1. The van der Waals surface area contributed by atoms with E-state index >= 15 is 0 Å². The van der Waals surface area contributed by atoms with E-state index in [1.165, 1.54) is 0 Å². The van der Waals surface area contributed by atoms with Gasteiger partial charge in [0.05, 0.1) is 5.52 Å². The average molecular weight is 382 g/mol. The van der Waals surface area contributed by atoms with Crippen molar-refractivity contribution in [3.05, 3.63) is 90.0 Å². The van der Waals surface area contributed by atoms with Crippen molar-refractivity contribution in [3.8, 4) is 11.4 Å². The van der Waals surface area contributed by atoms with E-state index in [9.17, 15) is 4.79 Å². The monoisotopic (exact) mass is 382 g/mol. The van der Waals surface area contributed by atoms with Crippen molar-refractivity contribution >= 4 is 22.6 Å². The molecular weight excluding hydrogens is 360 g/mol. The second-order valence-corrected chi connectivity index (χ2v) is 6.83. The fourth-order valence-corrected chi connectivity index (χ4v) is 3.09. The molecule has 0 spiro atoms. The normalized spacial score (nSPS) is 10.7. The van der Waals surface area contributed by atoms with Crippen LogP contribution in [0.25, 0.3) is 22.3 Å². The zero-order valence-electron chi connectivity index (χ0n) is 16.2. The molecule has 0 fully saturated rings. The molecule has 0 radical (unpaired) electrons.